The number of nitrogens with zero attached hydrogens (tertiary/aromatic N) is 1. The molecule has 0 aliphatic heterocycles. The van der Waals surface area contributed by atoms with E-state index in [0.29, 0.717) is 18.7 Å². The first kappa shape index (κ1) is 16.2. The van der Waals surface area contributed by atoms with E-state index in [1.807, 2.05) is 12.1 Å². The number of hydrogen-bond donors (Lipinski definition) is 3. The number of rotatable bonds is 6. The van der Waals surface area contributed by atoms with E-state index in [2.05, 4.69) is 32.5 Å². The third kappa shape index (κ3) is 4.66. The van der Waals surface area contributed by atoms with Gasteiger partial charge in [0.15, 0.2) is 5.96 Å². The molecule has 2 aromatic rings. The number of benzene rings is 1. The van der Waals surface area contributed by atoms with E-state index in [0.717, 1.165) is 18.1 Å². The summed E-state index contributed by atoms with van der Waals surface area (Å²) >= 11 is 1.68. The van der Waals surface area contributed by atoms with Gasteiger partial charge in [-0.1, -0.05) is 6.07 Å². The molecule has 22 heavy (non-hydrogen) atoms. The molecule has 0 aliphatic rings. The molecule has 1 aromatic heterocycles. The van der Waals surface area contributed by atoms with E-state index in [1.165, 1.54) is 5.56 Å². The summed E-state index contributed by atoms with van der Waals surface area (Å²) in [4.78, 5) is 4.18. The van der Waals surface area contributed by atoms with Crippen molar-refractivity contribution in [2.75, 3.05) is 20.7 Å². The number of guanidine groups is 1. The van der Waals surface area contributed by atoms with Gasteiger partial charge in [-0.05, 0) is 40.4 Å². The van der Waals surface area contributed by atoms with Gasteiger partial charge < -0.3 is 20.5 Å². The average molecular weight is 319 g/mol. The van der Waals surface area contributed by atoms with Gasteiger partial charge in [0, 0.05) is 26.2 Å². The van der Waals surface area contributed by atoms with Crippen LogP contribution in [0.3, 0.4) is 0 Å². The highest BCUT2D eigenvalue weighted by atomic mass is 32.1. The van der Waals surface area contributed by atoms with E-state index in [-0.39, 0.29) is 5.75 Å². The second-order valence-electron chi connectivity index (χ2n) is 4.73. The molecule has 6 heteroatoms. The molecule has 0 unspecified atom stereocenters. The Bertz CT molecular complexity index is 612. The number of ether oxygens (including phenoxy) is 1. The number of methoxy groups -OCH3 is 1. The van der Waals surface area contributed by atoms with Crippen LogP contribution >= 0.6 is 11.3 Å². The molecule has 0 fully saturated rings. The van der Waals surface area contributed by atoms with Gasteiger partial charge >= 0.3 is 0 Å². The van der Waals surface area contributed by atoms with Gasteiger partial charge in [0.05, 0.1) is 7.11 Å². The Morgan fingerprint density at radius 2 is 2.18 bits per heavy atom. The largest absolute Gasteiger partial charge is 0.508 e. The van der Waals surface area contributed by atoms with Crippen LogP contribution in [0, 0.1) is 0 Å². The molecule has 3 N–H and O–H groups in total. The number of aromatic hydroxyl groups is 1. The SMILES string of the molecule is CN=C(NCCc1ccc(OC)cc1O)NCc1ccsc1. The zero-order valence-electron chi connectivity index (χ0n) is 12.8. The predicted octanol–water partition coefficient (Wildman–Crippen LogP) is 2.37. The highest BCUT2D eigenvalue weighted by Crippen LogP contribution is 2.23. The van der Waals surface area contributed by atoms with Crippen LogP contribution in [0.1, 0.15) is 11.1 Å². The summed E-state index contributed by atoms with van der Waals surface area (Å²) in [5.41, 5.74) is 2.11. The minimum absolute atomic E-state index is 0.252. The van der Waals surface area contributed by atoms with Crippen LogP contribution in [0.15, 0.2) is 40.0 Å². The molecule has 5 nitrogen and oxygen atoms in total. The molecule has 0 saturated carbocycles. The van der Waals surface area contributed by atoms with Gasteiger partial charge in [0.1, 0.15) is 11.5 Å². The number of nitrogens with one attached hydrogen (secondary N) is 2. The molecule has 1 aromatic carbocycles. The van der Waals surface area contributed by atoms with Gasteiger partial charge in [-0.15, -0.1) is 0 Å². The lowest BCUT2D eigenvalue weighted by Gasteiger charge is -2.12. The van der Waals surface area contributed by atoms with Gasteiger partial charge in [0.2, 0.25) is 0 Å². The van der Waals surface area contributed by atoms with Crippen LogP contribution in [0.25, 0.3) is 0 Å². The fraction of sp³-hybridized carbons (Fsp3) is 0.312. The maximum atomic E-state index is 9.92. The van der Waals surface area contributed by atoms with Crippen LogP contribution in [-0.4, -0.2) is 31.8 Å². The molecule has 0 amide bonds. The van der Waals surface area contributed by atoms with Crippen molar-refractivity contribution < 1.29 is 9.84 Å². The van der Waals surface area contributed by atoms with E-state index in [9.17, 15) is 5.11 Å². The molecule has 2 rings (SSSR count). The lowest BCUT2D eigenvalue weighted by molar-refractivity contribution is 0.406. The summed E-state index contributed by atoms with van der Waals surface area (Å²) in [6.45, 7) is 1.43. The Morgan fingerprint density at radius 3 is 2.82 bits per heavy atom. The predicted molar refractivity (Wildman–Crippen MR) is 90.9 cm³/mol. The molecule has 0 bridgehead atoms. The molecule has 0 radical (unpaired) electrons. The number of thiophene rings is 1. The van der Waals surface area contributed by atoms with Gasteiger partial charge in [-0.2, -0.15) is 11.3 Å². The van der Waals surface area contributed by atoms with Crippen LogP contribution in [0.4, 0.5) is 0 Å². The number of phenolic OH excluding ortho intramolecular Hbond substituents is 1. The monoisotopic (exact) mass is 319 g/mol. The molecule has 0 aliphatic carbocycles. The molecule has 0 saturated heterocycles. The molecule has 1 heterocycles. The van der Waals surface area contributed by atoms with Crippen molar-refractivity contribution in [1.82, 2.24) is 10.6 Å². The van der Waals surface area contributed by atoms with Crippen molar-refractivity contribution in [3.63, 3.8) is 0 Å². The number of phenols is 1. The third-order valence-electron chi connectivity index (χ3n) is 3.24. The first-order chi connectivity index (χ1) is 10.7. The van der Waals surface area contributed by atoms with Gasteiger partial charge in [-0.3, -0.25) is 4.99 Å². The smallest absolute Gasteiger partial charge is 0.191 e. The minimum Gasteiger partial charge on any atom is -0.508 e. The Hall–Kier alpha value is -2.21. The van der Waals surface area contributed by atoms with Crippen molar-refractivity contribution in [2.24, 2.45) is 4.99 Å². The zero-order chi connectivity index (χ0) is 15.8. The lowest BCUT2D eigenvalue weighted by Crippen LogP contribution is -2.37. The fourth-order valence-electron chi connectivity index (χ4n) is 2.00. The van der Waals surface area contributed by atoms with Gasteiger partial charge in [0.25, 0.3) is 0 Å². The average Bonchev–Trinajstić information content (AvgIpc) is 3.05. The molecule has 0 atom stereocenters. The quantitative estimate of drug-likeness (QED) is 0.565. The van der Waals surface area contributed by atoms with Crippen molar-refractivity contribution in [2.45, 2.75) is 13.0 Å². The molecule has 118 valence electrons. The first-order valence-electron chi connectivity index (χ1n) is 7.04. The summed E-state index contributed by atoms with van der Waals surface area (Å²) in [7, 11) is 3.33. The van der Waals surface area contributed by atoms with Crippen molar-refractivity contribution in [3.05, 3.63) is 46.2 Å². The van der Waals surface area contributed by atoms with Crippen molar-refractivity contribution in [3.8, 4) is 11.5 Å². The van der Waals surface area contributed by atoms with E-state index < -0.39 is 0 Å². The Kier molecular flexibility index (Phi) is 6.09. The maximum absolute atomic E-state index is 9.92. The molecular formula is C16H21N3O2S. The second-order valence-corrected chi connectivity index (χ2v) is 5.51. The molecular weight excluding hydrogens is 298 g/mol. The lowest BCUT2D eigenvalue weighted by atomic mass is 10.1. The number of hydrogen-bond acceptors (Lipinski definition) is 4. The van der Waals surface area contributed by atoms with E-state index in [4.69, 9.17) is 4.74 Å². The van der Waals surface area contributed by atoms with Crippen molar-refractivity contribution >= 4 is 17.3 Å². The molecule has 0 spiro atoms. The topological polar surface area (TPSA) is 65.9 Å². The zero-order valence-corrected chi connectivity index (χ0v) is 13.6. The summed E-state index contributed by atoms with van der Waals surface area (Å²) in [6, 6.07) is 7.43. The second kappa shape index (κ2) is 8.29. The summed E-state index contributed by atoms with van der Waals surface area (Å²) in [5.74, 6) is 1.66. The summed E-state index contributed by atoms with van der Waals surface area (Å²) in [6.07, 6.45) is 0.703. The van der Waals surface area contributed by atoms with Crippen LogP contribution in [0.2, 0.25) is 0 Å². The third-order valence-corrected chi connectivity index (χ3v) is 3.97. The minimum atomic E-state index is 0.252. The Labute approximate surface area is 134 Å². The summed E-state index contributed by atoms with van der Waals surface area (Å²) < 4.78 is 5.07. The Balaban J connectivity index is 1.79. The normalized spacial score (nSPS) is 11.3. The van der Waals surface area contributed by atoms with E-state index in [1.54, 1.807) is 31.6 Å². The Morgan fingerprint density at radius 1 is 1.32 bits per heavy atom. The number of aliphatic imine (C=N–C) groups is 1. The first-order valence-corrected chi connectivity index (χ1v) is 7.98. The van der Waals surface area contributed by atoms with Crippen LogP contribution in [0.5, 0.6) is 11.5 Å². The summed E-state index contributed by atoms with van der Waals surface area (Å²) in [5, 5.41) is 20.6. The van der Waals surface area contributed by atoms with Crippen LogP contribution in [-0.2, 0) is 13.0 Å². The maximum Gasteiger partial charge on any atom is 0.191 e. The van der Waals surface area contributed by atoms with Crippen LogP contribution < -0.4 is 15.4 Å². The highest BCUT2D eigenvalue weighted by molar-refractivity contribution is 7.07. The standard InChI is InChI=1S/C16H21N3O2S/c1-17-16(19-10-12-6-8-22-11-12)18-7-5-13-3-4-14(21-2)9-15(13)20/h3-4,6,8-9,11,20H,5,7,10H2,1-2H3,(H2,17,18,19). The fourth-order valence-corrected chi connectivity index (χ4v) is 2.67. The van der Waals surface area contributed by atoms with Gasteiger partial charge in [-0.25, -0.2) is 0 Å². The highest BCUT2D eigenvalue weighted by Gasteiger charge is 2.04. The van der Waals surface area contributed by atoms with E-state index >= 15 is 0 Å². The van der Waals surface area contributed by atoms with Crippen molar-refractivity contribution in [1.29, 1.82) is 0 Å².